The second-order valence-electron chi connectivity index (χ2n) is 6.07. The zero-order valence-corrected chi connectivity index (χ0v) is 16.2. The maximum Gasteiger partial charge on any atom is 0.418 e. The average Bonchev–Trinajstić information content (AvgIpc) is 3.16. The summed E-state index contributed by atoms with van der Waals surface area (Å²) in [5, 5.41) is 4.92. The number of amides is 2. The number of halogens is 3. The highest BCUT2D eigenvalue weighted by molar-refractivity contribution is 7.99. The lowest BCUT2D eigenvalue weighted by atomic mass is 10.1. The molecule has 1 aromatic heterocycles. The fraction of sp³-hybridized carbons (Fsp3) is 0.368. The number of carbonyl (C=O) groups is 2. The highest BCUT2D eigenvalue weighted by Crippen LogP contribution is 2.38. The van der Waals surface area contributed by atoms with Crippen LogP contribution in [-0.4, -0.2) is 23.6 Å². The first-order chi connectivity index (χ1) is 13.2. The van der Waals surface area contributed by atoms with Crippen molar-refractivity contribution in [1.29, 1.82) is 0 Å². The van der Waals surface area contributed by atoms with Crippen LogP contribution in [0.3, 0.4) is 0 Å². The maximum absolute atomic E-state index is 13.4. The first kappa shape index (κ1) is 21.9. The number of hydrogen-bond acceptors (Lipinski definition) is 4. The topological polar surface area (TPSA) is 71.3 Å². The molecule has 0 saturated heterocycles. The van der Waals surface area contributed by atoms with Crippen LogP contribution in [0.5, 0.6) is 0 Å². The van der Waals surface area contributed by atoms with Gasteiger partial charge in [-0.2, -0.15) is 13.2 Å². The van der Waals surface area contributed by atoms with Crippen molar-refractivity contribution in [1.82, 2.24) is 5.32 Å². The van der Waals surface area contributed by atoms with Crippen LogP contribution in [-0.2, 0) is 11.0 Å². The van der Waals surface area contributed by atoms with E-state index >= 15 is 0 Å². The molecule has 0 spiro atoms. The van der Waals surface area contributed by atoms with E-state index in [1.807, 2.05) is 13.8 Å². The third-order valence-electron chi connectivity index (χ3n) is 3.87. The van der Waals surface area contributed by atoms with Gasteiger partial charge in [-0.05, 0) is 36.8 Å². The number of furan rings is 1. The Hall–Kier alpha value is -2.42. The Balaban J connectivity index is 1.99. The largest absolute Gasteiger partial charge is 0.459 e. The molecule has 0 bridgehead atoms. The molecule has 0 fully saturated rings. The van der Waals surface area contributed by atoms with Gasteiger partial charge in [-0.15, -0.1) is 11.8 Å². The molecule has 5 nitrogen and oxygen atoms in total. The van der Waals surface area contributed by atoms with Gasteiger partial charge in [0, 0.05) is 23.1 Å². The Morgan fingerprint density at radius 1 is 1.25 bits per heavy atom. The van der Waals surface area contributed by atoms with Crippen LogP contribution in [0.15, 0.2) is 45.9 Å². The van der Waals surface area contributed by atoms with E-state index in [2.05, 4.69) is 10.6 Å². The summed E-state index contributed by atoms with van der Waals surface area (Å²) in [5.74, 6) is -1.04. The number of alkyl halides is 3. The quantitative estimate of drug-likeness (QED) is 0.600. The van der Waals surface area contributed by atoms with Gasteiger partial charge in [0.25, 0.3) is 5.91 Å². The lowest BCUT2D eigenvalue weighted by Gasteiger charge is -2.16. The van der Waals surface area contributed by atoms with E-state index in [4.69, 9.17) is 4.42 Å². The molecule has 2 aromatic rings. The predicted molar refractivity (Wildman–Crippen MR) is 101 cm³/mol. The van der Waals surface area contributed by atoms with Gasteiger partial charge in [-0.3, -0.25) is 9.59 Å². The van der Waals surface area contributed by atoms with Gasteiger partial charge < -0.3 is 15.1 Å². The lowest BCUT2D eigenvalue weighted by molar-refractivity contribution is -0.137. The fourth-order valence-electron chi connectivity index (χ4n) is 2.25. The van der Waals surface area contributed by atoms with E-state index in [0.29, 0.717) is 4.90 Å². The van der Waals surface area contributed by atoms with Crippen molar-refractivity contribution in [3.8, 4) is 0 Å². The lowest BCUT2D eigenvalue weighted by Crippen LogP contribution is -2.27. The first-order valence-corrected chi connectivity index (χ1v) is 9.58. The number of benzene rings is 1. The van der Waals surface area contributed by atoms with Crippen molar-refractivity contribution in [2.45, 2.75) is 43.0 Å². The molecule has 2 N–H and O–H groups in total. The summed E-state index contributed by atoms with van der Waals surface area (Å²) in [5.41, 5.74) is -1.20. The van der Waals surface area contributed by atoms with Crippen LogP contribution < -0.4 is 10.6 Å². The van der Waals surface area contributed by atoms with Crippen LogP contribution in [0.25, 0.3) is 0 Å². The van der Waals surface area contributed by atoms with Crippen molar-refractivity contribution >= 4 is 29.3 Å². The molecular formula is C19H21F3N2O3S. The average molecular weight is 414 g/mol. The summed E-state index contributed by atoms with van der Waals surface area (Å²) in [7, 11) is 0. The van der Waals surface area contributed by atoms with E-state index < -0.39 is 23.6 Å². The second kappa shape index (κ2) is 9.68. The van der Waals surface area contributed by atoms with Gasteiger partial charge in [0.1, 0.15) is 0 Å². The van der Waals surface area contributed by atoms with E-state index in [-0.39, 0.29) is 29.7 Å². The first-order valence-electron chi connectivity index (χ1n) is 8.70. The highest BCUT2D eigenvalue weighted by atomic mass is 32.2. The van der Waals surface area contributed by atoms with Crippen molar-refractivity contribution in [3.05, 3.63) is 47.9 Å². The number of hydrogen-bond donors (Lipinski definition) is 2. The van der Waals surface area contributed by atoms with E-state index in [9.17, 15) is 22.8 Å². The molecule has 28 heavy (non-hydrogen) atoms. The van der Waals surface area contributed by atoms with Crippen LogP contribution in [0.1, 0.15) is 42.8 Å². The molecule has 2 rings (SSSR count). The number of nitrogens with one attached hydrogen (secondary N) is 2. The minimum absolute atomic E-state index is 0.0331. The van der Waals surface area contributed by atoms with Gasteiger partial charge in [0.05, 0.1) is 17.5 Å². The number of rotatable bonds is 8. The van der Waals surface area contributed by atoms with Crippen molar-refractivity contribution < 1.29 is 27.2 Å². The summed E-state index contributed by atoms with van der Waals surface area (Å²) < 4.78 is 45.1. The summed E-state index contributed by atoms with van der Waals surface area (Å²) >= 11 is 1.35. The smallest absolute Gasteiger partial charge is 0.418 e. The molecule has 9 heteroatoms. The zero-order valence-electron chi connectivity index (χ0n) is 15.4. The van der Waals surface area contributed by atoms with Gasteiger partial charge in [0.15, 0.2) is 5.76 Å². The highest BCUT2D eigenvalue weighted by Gasteiger charge is 2.34. The van der Waals surface area contributed by atoms with E-state index in [0.717, 1.165) is 12.5 Å². The minimum atomic E-state index is -4.60. The monoisotopic (exact) mass is 414 g/mol. The molecule has 1 atom stereocenters. The van der Waals surface area contributed by atoms with Gasteiger partial charge in [-0.25, -0.2) is 0 Å². The molecule has 0 aliphatic heterocycles. The number of anilines is 1. The fourth-order valence-corrected chi connectivity index (χ4v) is 3.22. The molecule has 0 aliphatic carbocycles. The zero-order chi connectivity index (χ0) is 20.7. The molecule has 0 saturated carbocycles. The summed E-state index contributed by atoms with van der Waals surface area (Å²) in [6.45, 7) is 3.86. The van der Waals surface area contributed by atoms with E-state index in [1.165, 1.54) is 30.2 Å². The summed E-state index contributed by atoms with van der Waals surface area (Å²) in [6, 6.07) is 6.87. The van der Waals surface area contributed by atoms with Crippen LogP contribution in [0.4, 0.5) is 18.9 Å². The number of carbonyl (C=O) groups excluding carboxylic acids is 2. The van der Waals surface area contributed by atoms with Crippen molar-refractivity contribution in [2.75, 3.05) is 11.9 Å². The normalized spacial score (nSPS) is 12.5. The second-order valence-corrected chi connectivity index (χ2v) is 7.59. The molecule has 2 amide bonds. The standard InChI is InChI=1S/C19H21F3N2O3S/c1-3-12(2)28-13-6-7-15(14(11-13)19(20,21)22)24-17(25)8-9-23-18(26)16-5-4-10-27-16/h4-7,10-12H,3,8-9H2,1-2H3,(H,23,26)(H,24,25). The Labute approximate surface area is 165 Å². The summed E-state index contributed by atoms with van der Waals surface area (Å²) in [6.07, 6.45) is -2.60. The molecule has 0 radical (unpaired) electrons. The molecule has 1 heterocycles. The van der Waals surface area contributed by atoms with Crippen molar-refractivity contribution in [3.63, 3.8) is 0 Å². The molecule has 152 valence electrons. The van der Waals surface area contributed by atoms with Crippen LogP contribution in [0.2, 0.25) is 0 Å². The van der Waals surface area contributed by atoms with Crippen molar-refractivity contribution in [2.24, 2.45) is 0 Å². The third kappa shape index (κ3) is 6.33. The molecular weight excluding hydrogens is 393 g/mol. The van der Waals surface area contributed by atoms with Gasteiger partial charge >= 0.3 is 6.18 Å². The maximum atomic E-state index is 13.4. The number of thioether (sulfide) groups is 1. The van der Waals surface area contributed by atoms with E-state index in [1.54, 1.807) is 12.1 Å². The molecule has 0 aliphatic rings. The summed E-state index contributed by atoms with van der Waals surface area (Å²) in [4.78, 5) is 24.2. The minimum Gasteiger partial charge on any atom is -0.459 e. The Morgan fingerprint density at radius 3 is 2.61 bits per heavy atom. The predicted octanol–water partition coefficient (Wildman–Crippen LogP) is 4.95. The molecule has 1 unspecified atom stereocenters. The Kier molecular flexibility index (Phi) is 7.56. The Morgan fingerprint density at radius 2 is 2.00 bits per heavy atom. The van der Waals surface area contributed by atoms with Crippen LogP contribution >= 0.6 is 11.8 Å². The third-order valence-corrected chi connectivity index (χ3v) is 5.13. The Bertz CT molecular complexity index is 807. The van der Waals surface area contributed by atoms with Gasteiger partial charge in [-0.1, -0.05) is 13.8 Å². The van der Waals surface area contributed by atoms with Crippen LogP contribution in [0, 0.1) is 0 Å². The van der Waals surface area contributed by atoms with Gasteiger partial charge in [0.2, 0.25) is 5.91 Å². The SMILES string of the molecule is CCC(C)Sc1ccc(NC(=O)CCNC(=O)c2ccco2)c(C(F)(F)F)c1. The molecule has 1 aromatic carbocycles.